The average Bonchev–Trinajstić information content (AvgIpc) is 3.21. The van der Waals surface area contributed by atoms with Crippen LogP contribution in [-0.2, 0) is 0 Å². The van der Waals surface area contributed by atoms with Gasteiger partial charge in [0.05, 0.1) is 10.5 Å². The van der Waals surface area contributed by atoms with Crippen molar-refractivity contribution in [2.24, 2.45) is 0 Å². The van der Waals surface area contributed by atoms with Crippen molar-refractivity contribution in [3.05, 3.63) is 69.3 Å². The highest BCUT2D eigenvalue weighted by molar-refractivity contribution is 6.06. The maximum Gasteiger partial charge on any atom is 0.335 e. The van der Waals surface area contributed by atoms with Gasteiger partial charge in [-0.1, -0.05) is 12.8 Å². The molecule has 0 unspecified atom stereocenters. The molecule has 1 aliphatic carbocycles. The van der Waals surface area contributed by atoms with Crippen molar-refractivity contribution >= 4 is 29.2 Å². The van der Waals surface area contributed by atoms with E-state index in [1.807, 2.05) is 0 Å². The zero-order valence-corrected chi connectivity index (χ0v) is 15.4. The summed E-state index contributed by atoms with van der Waals surface area (Å²) in [4.78, 5) is 46.0. The number of nitrogens with one attached hydrogen (secondary N) is 2. The van der Waals surface area contributed by atoms with Crippen molar-refractivity contribution in [1.82, 2.24) is 5.32 Å². The van der Waals surface area contributed by atoms with Crippen LogP contribution in [0.4, 0.5) is 11.4 Å². The fourth-order valence-corrected chi connectivity index (χ4v) is 3.22. The molecular weight excluding hydrogens is 378 g/mol. The number of carbonyl (C=O) groups excluding carboxylic acids is 2. The lowest BCUT2D eigenvalue weighted by atomic mass is 10.1. The van der Waals surface area contributed by atoms with Gasteiger partial charge in [-0.05, 0) is 43.2 Å². The zero-order valence-electron chi connectivity index (χ0n) is 15.4. The van der Waals surface area contributed by atoms with Crippen molar-refractivity contribution < 1.29 is 24.4 Å². The van der Waals surface area contributed by atoms with E-state index in [1.54, 1.807) is 12.1 Å². The number of anilines is 1. The predicted octanol–water partition coefficient (Wildman–Crippen LogP) is 3.22. The number of hydrogen-bond donors (Lipinski definition) is 3. The van der Waals surface area contributed by atoms with Crippen LogP contribution in [0.15, 0.2) is 42.5 Å². The number of nitrogens with zero attached hydrogens (tertiary/aromatic N) is 1. The van der Waals surface area contributed by atoms with E-state index in [-0.39, 0.29) is 23.1 Å². The van der Waals surface area contributed by atoms with E-state index < -0.39 is 22.5 Å². The molecule has 0 radical (unpaired) electrons. The Labute approximate surface area is 165 Å². The van der Waals surface area contributed by atoms with Crippen LogP contribution in [0.3, 0.4) is 0 Å². The first kappa shape index (κ1) is 20.0. The van der Waals surface area contributed by atoms with Gasteiger partial charge in [-0.2, -0.15) is 0 Å². The van der Waals surface area contributed by atoms with Gasteiger partial charge in [-0.3, -0.25) is 19.7 Å². The summed E-state index contributed by atoms with van der Waals surface area (Å²) in [6.45, 7) is 0. The van der Waals surface area contributed by atoms with E-state index in [2.05, 4.69) is 10.6 Å². The Hall–Kier alpha value is -3.75. The van der Waals surface area contributed by atoms with Gasteiger partial charge in [0.2, 0.25) is 0 Å². The van der Waals surface area contributed by atoms with Crippen LogP contribution in [-0.4, -0.2) is 33.9 Å². The number of carbonyl (C=O) groups is 3. The van der Waals surface area contributed by atoms with Gasteiger partial charge < -0.3 is 15.7 Å². The molecule has 0 aliphatic heterocycles. The first-order valence-electron chi connectivity index (χ1n) is 9.08. The first-order valence-corrected chi connectivity index (χ1v) is 9.08. The van der Waals surface area contributed by atoms with E-state index in [1.165, 1.54) is 12.1 Å². The second-order valence-electron chi connectivity index (χ2n) is 6.82. The third-order valence-electron chi connectivity index (χ3n) is 4.73. The van der Waals surface area contributed by atoms with E-state index in [0.717, 1.165) is 43.9 Å². The average molecular weight is 397 g/mol. The summed E-state index contributed by atoms with van der Waals surface area (Å²) < 4.78 is 0. The molecule has 3 rings (SSSR count). The Bertz CT molecular complexity index is 932. The zero-order chi connectivity index (χ0) is 21.0. The van der Waals surface area contributed by atoms with Crippen molar-refractivity contribution in [1.29, 1.82) is 0 Å². The minimum atomic E-state index is -1.37. The molecule has 1 saturated carbocycles. The number of nitro benzene ring substituents is 1. The Kier molecular flexibility index (Phi) is 5.87. The number of non-ortho nitro benzene ring substituents is 1. The van der Waals surface area contributed by atoms with Gasteiger partial charge >= 0.3 is 5.97 Å². The van der Waals surface area contributed by atoms with Crippen LogP contribution in [0.25, 0.3) is 0 Å². The summed E-state index contributed by atoms with van der Waals surface area (Å²) in [6, 6.07) is 9.36. The summed E-state index contributed by atoms with van der Waals surface area (Å²) in [5.41, 5.74) is -0.175. The SMILES string of the molecule is O=C(O)c1cc(C(=O)Nc2ccc(C(=O)NC3CCCC3)cc2)cc([N+](=O)[O-])c1. The topological polar surface area (TPSA) is 139 Å². The standard InChI is InChI=1S/C20H19N3O6/c24-18(21-15-3-1-2-4-15)12-5-7-16(8-6-12)22-19(25)13-9-14(20(26)27)11-17(10-13)23(28)29/h5-11,15H,1-4H2,(H,21,24)(H,22,25)(H,26,27). The fourth-order valence-electron chi connectivity index (χ4n) is 3.22. The van der Waals surface area contributed by atoms with Gasteiger partial charge in [0, 0.05) is 35.0 Å². The minimum absolute atomic E-state index is 0.153. The van der Waals surface area contributed by atoms with Gasteiger partial charge in [-0.25, -0.2) is 4.79 Å². The number of benzene rings is 2. The molecule has 150 valence electrons. The van der Waals surface area contributed by atoms with E-state index in [9.17, 15) is 24.5 Å². The highest BCUT2D eigenvalue weighted by Crippen LogP contribution is 2.20. The molecule has 0 aromatic heterocycles. The second-order valence-corrected chi connectivity index (χ2v) is 6.82. The quantitative estimate of drug-likeness (QED) is 0.505. The van der Waals surface area contributed by atoms with Crippen molar-refractivity contribution in [3.63, 3.8) is 0 Å². The Morgan fingerprint density at radius 1 is 0.931 bits per heavy atom. The Balaban J connectivity index is 1.71. The Morgan fingerprint density at radius 3 is 2.14 bits per heavy atom. The normalized spacial score (nSPS) is 13.7. The van der Waals surface area contributed by atoms with Gasteiger partial charge in [0.15, 0.2) is 0 Å². The summed E-state index contributed by atoms with van der Waals surface area (Å²) in [5.74, 6) is -2.25. The number of carboxylic acids is 1. The van der Waals surface area contributed by atoms with Crippen LogP contribution in [0.1, 0.15) is 56.8 Å². The molecule has 29 heavy (non-hydrogen) atoms. The van der Waals surface area contributed by atoms with Crippen molar-refractivity contribution in [2.75, 3.05) is 5.32 Å². The van der Waals surface area contributed by atoms with E-state index >= 15 is 0 Å². The molecule has 0 bridgehead atoms. The van der Waals surface area contributed by atoms with Crippen LogP contribution in [0.5, 0.6) is 0 Å². The van der Waals surface area contributed by atoms with Crippen LogP contribution >= 0.6 is 0 Å². The Morgan fingerprint density at radius 2 is 1.55 bits per heavy atom. The second kappa shape index (κ2) is 8.51. The minimum Gasteiger partial charge on any atom is -0.478 e. The first-order chi connectivity index (χ1) is 13.8. The fraction of sp³-hybridized carbons (Fsp3) is 0.250. The number of aromatic carboxylic acids is 1. The summed E-state index contributed by atoms with van der Waals surface area (Å²) in [7, 11) is 0. The maximum atomic E-state index is 12.4. The summed E-state index contributed by atoms with van der Waals surface area (Å²) in [5, 5.41) is 25.6. The molecule has 0 heterocycles. The van der Waals surface area contributed by atoms with E-state index in [4.69, 9.17) is 5.11 Å². The molecule has 0 saturated heterocycles. The van der Waals surface area contributed by atoms with Crippen LogP contribution in [0, 0.1) is 10.1 Å². The lowest BCUT2D eigenvalue weighted by molar-refractivity contribution is -0.384. The molecule has 2 amide bonds. The summed E-state index contributed by atoms with van der Waals surface area (Å²) in [6.07, 6.45) is 4.16. The van der Waals surface area contributed by atoms with Gasteiger partial charge in [0.1, 0.15) is 0 Å². The molecule has 9 nitrogen and oxygen atoms in total. The van der Waals surface area contributed by atoms with Gasteiger partial charge in [-0.15, -0.1) is 0 Å². The molecule has 0 spiro atoms. The lowest BCUT2D eigenvalue weighted by Gasteiger charge is -2.12. The molecule has 0 atom stereocenters. The lowest BCUT2D eigenvalue weighted by Crippen LogP contribution is -2.32. The molecule has 1 fully saturated rings. The molecular formula is C20H19N3O6. The van der Waals surface area contributed by atoms with Crippen LogP contribution < -0.4 is 10.6 Å². The predicted molar refractivity (Wildman–Crippen MR) is 104 cm³/mol. The number of nitro groups is 1. The molecule has 2 aromatic rings. The number of hydrogen-bond acceptors (Lipinski definition) is 5. The molecule has 3 N–H and O–H groups in total. The smallest absolute Gasteiger partial charge is 0.335 e. The number of carboxylic acid groups (broad SMARTS) is 1. The maximum absolute atomic E-state index is 12.4. The van der Waals surface area contributed by atoms with Crippen molar-refractivity contribution in [3.8, 4) is 0 Å². The highest BCUT2D eigenvalue weighted by atomic mass is 16.6. The number of amides is 2. The molecule has 9 heteroatoms. The van der Waals surface area contributed by atoms with Crippen LogP contribution in [0.2, 0.25) is 0 Å². The monoisotopic (exact) mass is 397 g/mol. The third-order valence-corrected chi connectivity index (χ3v) is 4.73. The molecule has 2 aromatic carbocycles. The largest absolute Gasteiger partial charge is 0.478 e. The van der Waals surface area contributed by atoms with E-state index in [0.29, 0.717) is 11.3 Å². The summed E-state index contributed by atoms with van der Waals surface area (Å²) >= 11 is 0. The molecule has 1 aliphatic rings. The number of rotatable bonds is 6. The highest BCUT2D eigenvalue weighted by Gasteiger charge is 2.19. The van der Waals surface area contributed by atoms with Crippen molar-refractivity contribution in [2.45, 2.75) is 31.7 Å². The third kappa shape index (κ3) is 4.95. The van der Waals surface area contributed by atoms with Gasteiger partial charge in [0.25, 0.3) is 17.5 Å².